The van der Waals surface area contributed by atoms with E-state index in [-0.39, 0.29) is 5.43 Å². The van der Waals surface area contributed by atoms with Crippen LogP contribution in [0, 0.1) is 0 Å². The smallest absolute Gasteiger partial charge is 0.338 e. The highest BCUT2D eigenvalue weighted by molar-refractivity contribution is 7.24. The lowest BCUT2D eigenvalue weighted by molar-refractivity contribution is -0.129. The van der Waals surface area contributed by atoms with Crippen molar-refractivity contribution in [3.8, 4) is 5.75 Å². The van der Waals surface area contributed by atoms with Gasteiger partial charge < -0.3 is 4.74 Å². The molecule has 0 saturated carbocycles. The molecule has 0 fully saturated rings. The third-order valence-corrected chi connectivity index (χ3v) is 4.87. The van der Waals surface area contributed by atoms with Crippen molar-refractivity contribution in [2.24, 2.45) is 0 Å². The van der Waals surface area contributed by atoms with Gasteiger partial charge in [0.15, 0.2) is 5.43 Å². The Morgan fingerprint density at radius 1 is 1.22 bits per heavy atom. The maximum absolute atomic E-state index is 12.7. The number of hydrogen-bond donors (Lipinski definition) is 0. The molecule has 0 radical (unpaired) electrons. The minimum atomic E-state index is -0.487. The Kier molecular flexibility index (Phi) is 4.01. The van der Waals surface area contributed by atoms with E-state index in [1.54, 1.807) is 25.1 Å². The molecule has 3 nitrogen and oxygen atoms in total. The molecule has 0 atom stereocenters. The van der Waals surface area contributed by atoms with Gasteiger partial charge in [0.2, 0.25) is 0 Å². The molecule has 1 heterocycles. The van der Waals surface area contributed by atoms with Gasteiger partial charge in [0.1, 0.15) is 5.75 Å². The number of esters is 1. The molecule has 0 saturated heterocycles. The summed E-state index contributed by atoms with van der Waals surface area (Å²) in [6.45, 7) is 7.26. The molecular weight excluding hydrogens is 308 g/mol. The van der Waals surface area contributed by atoms with Crippen LogP contribution in [0.25, 0.3) is 20.2 Å². The summed E-state index contributed by atoms with van der Waals surface area (Å²) in [5, 5.41) is 1.27. The lowest BCUT2D eigenvalue weighted by atomic mass is 10.1. The molecule has 2 aromatic carbocycles. The van der Waals surface area contributed by atoms with Crippen LogP contribution in [0.4, 0.5) is 0 Å². The molecule has 0 aliphatic carbocycles. The Bertz CT molecular complexity index is 999. The summed E-state index contributed by atoms with van der Waals surface area (Å²) in [6, 6.07) is 11.1. The van der Waals surface area contributed by atoms with Crippen LogP contribution in [0.3, 0.4) is 0 Å². The summed E-state index contributed by atoms with van der Waals surface area (Å²) in [4.78, 5) is 24.5. The number of aryl methyl sites for hydroxylation is 1. The van der Waals surface area contributed by atoms with Gasteiger partial charge in [-0.15, -0.1) is 11.3 Å². The van der Waals surface area contributed by atoms with Gasteiger partial charge in [-0.2, -0.15) is 0 Å². The first-order chi connectivity index (χ1) is 11.0. The molecule has 0 spiro atoms. The van der Waals surface area contributed by atoms with Gasteiger partial charge in [-0.1, -0.05) is 25.6 Å². The Labute approximate surface area is 137 Å². The topological polar surface area (TPSA) is 43.4 Å². The average molecular weight is 324 g/mol. The number of benzene rings is 2. The van der Waals surface area contributed by atoms with Crippen molar-refractivity contribution in [3.63, 3.8) is 0 Å². The summed E-state index contributed by atoms with van der Waals surface area (Å²) >= 11 is 1.47. The van der Waals surface area contributed by atoms with E-state index in [2.05, 4.69) is 13.5 Å². The predicted octanol–water partition coefficient (Wildman–Crippen LogP) is 4.46. The maximum atomic E-state index is 12.7. The van der Waals surface area contributed by atoms with E-state index >= 15 is 0 Å². The zero-order chi connectivity index (χ0) is 16.6. The Hall–Kier alpha value is -2.46. The zero-order valence-electron chi connectivity index (χ0n) is 13.0. The van der Waals surface area contributed by atoms with E-state index in [1.807, 2.05) is 18.2 Å². The first-order valence-electron chi connectivity index (χ1n) is 7.37. The maximum Gasteiger partial charge on any atom is 0.338 e. The van der Waals surface area contributed by atoms with Crippen LogP contribution >= 0.6 is 11.3 Å². The molecule has 0 amide bonds. The van der Waals surface area contributed by atoms with Crippen molar-refractivity contribution in [1.29, 1.82) is 0 Å². The van der Waals surface area contributed by atoms with Crippen LogP contribution in [0.5, 0.6) is 5.75 Å². The van der Waals surface area contributed by atoms with E-state index in [0.29, 0.717) is 26.8 Å². The van der Waals surface area contributed by atoms with Crippen molar-refractivity contribution in [1.82, 2.24) is 0 Å². The second kappa shape index (κ2) is 5.97. The van der Waals surface area contributed by atoms with Crippen LogP contribution in [-0.4, -0.2) is 5.97 Å². The van der Waals surface area contributed by atoms with Crippen molar-refractivity contribution in [2.45, 2.75) is 20.3 Å². The fourth-order valence-electron chi connectivity index (χ4n) is 2.38. The molecular formula is C19H16O3S. The van der Waals surface area contributed by atoms with E-state index in [0.717, 1.165) is 11.1 Å². The third kappa shape index (κ3) is 2.78. The van der Waals surface area contributed by atoms with Gasteiger partial charge in [0.25, 0.3) is 0 Å². The van der Waals surface area contributed by atoms with Crippen LogP contribution in [0.2, 0.25) is 0 Å². The summed E-state index contributed by atoms with van der Waals surface area (Å²) in [6.07, 6.45) is 0.904. The molecule has 0 unspecified atom stereocenters. The average Bonchev–Trinajstić information content (AvgIpc) is 2.55. The quantitative estimate of drug-likeness (QED) is 0.309. The number of rotatable bonds is 3. The number of carbonyl (C=O) groups excluding carboxylic acids is 1. The zero-order valence-corrected chi connectivity index (χ0v) is 13.8. The van der Waals surface area contributed by atoms with Crippen LogP contribution in [0.1, 0.15) is 19.4 Å². The van der Waals surface area contributed by atoms with E-state index < -0.39 is 5.97 Å². The van der Waals surface area contributed by atoms with Crippen molar-refractivity contribution < 1.29 is 9.53 Å². The third-order valence-electron chi connectivity index (χ3n) is 3.69. The molecule has 3 aromatic rings. The lowest BCUT2D eigenvalue weighted by Crippen LogP contribution is -2.09. The number of hydrogen-bond acceptors (Lipinski definition) is 4. The number of carbonyl (C=O) groups is 1. The van der Waals surface area contributed by atoms with E-state index in [4.69, 9.17) is 4.74 Å². The first-order valence-corrected chi connectivity index (χ1v) is 8.19. The van der Waals surface area contributed by atoms with Gasteiger partial charge in [-0.25, -0.2) is 4.79 Å². The highest BCUT2D eigenvalue weighted by Crippen LogP contribution is 2.32. The monoisotopic (exact) mass is 324 g/mol. The van der Waals surface area contributed by atoms with Gasteiger partial charge in [0.05, 0.1) is 4.70 Å². The predicted molar refractivity (Wildman–Crippen MR) is 95.4 cm³/mol. The molecule has 1 aromatic heterocycles. The molecule has 0 N–H and O–H groups in total. The fourth-order valence-corrected chi connectivity index (χ4v) is 3.56. The normalized spacial score (nSPS) is 10.9. The molecule has 0 aliphatic rings. The second-order valence-electron chi connectivity index (χ2n) is 5.42. The number of fused-ring (bicyclic) bond motifs is 2. The highest BCUT2D eigenvalue weighted by Gasteiger charge is 2.13. The van der Waals surface area contributed by atoms with E-state index in [1.165, 1.54) is 16.9 Å². The molecule has 0 aliphatic heterocycles. The first kappa shape index (κ1) is 15.4. The summed E-state index contributed by atoms with van der Waals surface area (Å²) in [7, 11) is 0. The summed E-state index contributed by atoms with van der Waals surface area (Å²) < 4.78 is 6.97. The second-order valence-corrected chi connectivity index (χ2v) is 6.47. The molecule has 0 bridgehead atoms. The van der Waals surface area contributed by atoms with E-state index in [9.17, 15) is 9.59 Å². The van der Waals surface area contributed by atoms with Crippen molar-refractivity contribution >= 4 is 37.5 Å². The Balaban J connectivity index is 2.29. The largest absolute Gasteiger partial charge is 0.422 e. The Morgan fingerprint density at radius 2 is 2.00 bits per heavy atom. The molecule has 116 valence electrons. The number of ether oxygens (including phenoxy) is 1. The van der Waals surface area contributed by atoms with Crippen LogP contribution < -0.4 is 10.2 Å². The van der Waals surface area contributed by atoms with Gasteiger partial charge >= 0.3 is 5.97 Å². The Morgan fingerprint density at radius 3 is 2.70 bits per heavy atom. The summed E-state index contributed by atoms with van der Waals surface area (Å²) in [5.74, 6) is -0.0824. The van der Waals surface area contributed by atoms with Crippen LogP contribution in [-0.2, 0) is 11.2 Å². The van der Waals surface area contributed by atoms with Crippen molar-refractivity contribution in [2.75, 3.05) is 0 Å². The fraction of sp³-hybridized carbons (Fsp3) is 0.158. The minimum absolute atomic E-state index is 0.0374. The van der Waals surface area contributed by atoms with Crippen LogP contribution in [0.15, 0.2) is 53.3 Å². The summed E-state index contributed by atoms with van der Waals surface area (Å²) in [5.41, 5.74) is 1.46. The van der Waals surface area contributed by atoms with Crippen molar-refractivity contribution in [3.05, 3.63) is 64.3 Å². The molecule has 3 rings (SSSR count). The SMILES string of the molecule is C=C(C)C(=O)Oc1cccc2c(=O)c3ccc(CC)cc3sc12. The minimum Gasteiger partial charge on any atom is -0.422 e. The van der Waals surface area contributed by atoms with Gasteiger partial charge in [-0.3, -0.25) is 4.79 Å². The van der Waals surface area contributed by atoms with Gasteiger partial charge in [-0.05, 0) is 43.2 Å². The lowest BCUT2D eigenvalue weighted by Gasteiger charge is -2.08. The van der Waals surface area contributed by atoms with Gasteiger partial charge in [0, 0.05) is 21.0 Å². The molecule has 4 heteroatoms. The highest BCUT2D eigenvalue weighted by atomic mass is 32.1. The molecule has 23 heavy (non-hydrogen) atoms. The standard InChI is InChI=1S/C19H16O3S/c1-4-12-8-9-13-16(10-12)23-18-14(17(13)20)6-5-7-15(18)22-19(21)11(2)3/h5-10H,2,4H2,1,3H3.